The van der Waals surface area contributed by atoms with Crippen LogP contribution in [0.2, 0.25) is 0 Å². The Balaban J connectivity index is 1.66. The summed E-state index contributed by atoms with van der Waals surface area (Å²) in [5.41, 5.74) is 1.71. The van der Waals surface area contributed by atoms with Gasteiger partial charge in [0.1, 0.15) is 5.82 Å². The number of hydrogen-bond donors (Lipinski definition) is 3. The van der Waals surface area contributed by atoms with Crippen LogP contribution in [0.25, 0.3) is 0 Å². The van der Waals surface area contributed by atoms with Crippen LogP contribution in [0.15, 0.2) is 18.2 Å². The van der Waals surface area contributed by atoms with E-state index < -0.39 is 12.2 Å². The minimum absolute atomic E-state index is 0.00336. The van der Waals surface area contributed by atoms with Crippen molar-refractivity contribution in [3.8, 4) is 0 Å². The fourth-order valence-corrected chi connectivity index (χ4v) is 5.34. The van der Waals surface area contributed by atoms with Crippen molar-refractivity contribution < 1.29 is 28.2 Å². The van der Waals surface area contributed by atoms with Crippen LogP contribution in [0.4, 0.5) is 14.0 Å². The molecule has 9 nitrogen and oxygen atoms in total. The number of likely N-dealkylation sites (tertiary alicyclic amines) is 1. The van der Waals surface area contributed by atoms with E-state index in [2.05, 4.69) is 20.7 Å². The number of nitrogens with zero attached hydrogens (tertiary/aromatic N) is 1. The van der Waals surface area contributed by atoms with Gasteiger partial charge in [-0.3, -0.25) is 0 Å². The molecule has 1 aromatic rings. The lowest BCUT2D eigenvalue weighted by Gasteiger charge is -2.38. The van der Waals surface area contributed by atoms with Gasteiger partial charge in [-0.2, -0.15) is 0 Å². The lowest BCUT2D eigenvalue weighted by Crippen LogP contribution is -2.52. The van der Waals surface area contributed by atoms with Crippen molar-refractivity contribution >= 4 is 12.1 Å². The molecule has 37 heavy (non-hydrogen) atoms. The van der Waals surface area contributed by atoms with Crippen molar-refractivity contribution in [1.82, 2.24) is 20.9 Å². The van der Waals surface area contributed by atoms with Gasteiger partial charge in [-0.25, -0.2) is 14.0 Å². The molecule has 208 valence electrons. The van der Waals surface area contributed by atoms with Crippen LogP contribution in [0.3, 0.4) is 0 Å². The molecule has 2 saturated heterocycles. The van der Waals surface area contributed by atoms with Gasteiger partial charge in [0.2, 0.25) is 0 Å². The van der Waals surface area contributed by atoms with Crippen LogP contribution in [-0.2, 0) is 14.2 Å². The molecule has 2 aliphatic heterocycles. The summed E-state index contributed by atoms with van der Waals surface area (Å²) in [5.74, 6) is 0.223. The fourth-order valence-electron chi connectivity index (χ4n) is 5.34. The highest BCUT2D eigenvalue weighted by atomic mass is 19.1. The molecule has 2 heterocycles. The summed E-state index contributed by atoms with van der Waals surface area (Å²) in [6.45, 7) is 5.92. The maximum absolute atomic E-state index is 14.2. The van der Waals surface area contributed by atoms with E-state index in [1.54, 1.807) is 6.07 Å². The zero-order valence-electron chi connectivity index (χ0n) is 22.4. The molecule has 3 N–H and O–H groups in total. The number of carbonyl (C=O) groups excluding carboxylic acids is 2. The van der Waals surface area contributed by atoms with E-state index in [0.717, 1.165) is 56.4 Å². The van der Waals surface area contributed by atoms with E-state index in [1.165, 1.54) is 19.2 Å². The average Bonchev–Trinajstić information content (AvgIpc) is 2.91. The Kier molecular flexibility index (Phi) is 11.9. The van der Waals surface area contributed by atoms with Crippen LogP contribution < -0.4 is 16.0 Å². The van der Waals surface area contributed by atoms with Gasteiger partial charge in [-0.1, -0.05) is 6.07 Å². The summed E-state index contributed by atoms with van der Waals surface area (Å²) >= 11 is 0. The summed E-state index contributed by atoms with van der Waals surface area (Å²) in [4.78, 5) is 26.6. The highest BCUT2D eigenvalue weighted by Gasteiger charge is 2.33. The largest absolute Gasteiger partial charge is 0.453 e. The van der Waals surface area contributed by atoms with E-state index in [0.29, 0.717) is 25.6 Å². The molecule has 3 amide bonds. The van der Waals surface area contributed by atoms with Crippen molar-refractivity contribution in [2.45, 2.75) is 51.2 Å². The van der Waals surface area contributed by atoms with E-state index in [1.807, 2.05) is 18.9 Å². The third-order valence-corrected chi connectivity index (χ3v) is 7.31. The van der Waals surface area contributed by atoms with Gasteiger partial charge in [-0.15, -0.1) is 0 Å². The Labute approximate surface area is 219 Å². The van der Waals surface area contributed by atoms with Gasteiger partial charge in [0.15, 0.2) is 0 Å². The second-order valence-corrected chi connectivity index (χ2v) is 10.1. The molecule has 0 radical (unpaired) electrons. The molecule has 3 atom stereocenters. The summed E-state index contributed by atoms with van der Waals surface area (Å²) in [6.07, 6.45) is 3.74. The van der Waals surface area contributed by atoms with Crippen LogP contribution in [0.1, 0.15) is 49.3 Å². The first-order chi connectivity index (χ1) is 17.9. The number of piperidine rings is 1. The summed E-state index contributed by atoms with van der Waals surface area (Å²) in [7, 11) is 3.21. The fraction of sp³-hybridized carbons (Fsp3) is 0.704. The van der Waals surface area contributed by atoms with Crippen molar-refractivity contribution in [3.63, 3.8) is 0 Å². The second kappa shape index (κ2) is 15.1. The highest BCUT2D eigenvalue weighted by molar-refractivity contribution is 5.74. The van der Waals surface area contributed by atoms with E-state index in [9.17, 15) is 14.0 Å². The lowest BCUT2D eigenvalue weighted by molar-refractivity contribution is -0.00919. The van der Waals surface area contributed by atoms with Crippen molar-refractivity contribution in [3.05, 3.63) is 35.1 Å². The number of benzene rings is 1. The zero-order valence-corrected chi connectivity index (χ0v) is 22.4. The minimum Gasteiger partial charge on any atom is -0.453 e. The topological polar surface area (TPSA) is 101 Å². The highest BCUT2D eigenvalue weighted by Crippen LogP contribution is 2.35. The van der Waals surface area contributed by atoms with Crippen LogP contribution in [0.5, 0.6) is 0 Å². The van der Waals surface area contributed by atoms with Crippen LogP contribution in [-0.4, -0.2) is 83.2 Å². The normalized spacial score (nSPS) is 20.2. The van der Waals surface area contributed by atoms with Gasteiger partial charge >= 0.3 is 12.1 Å². The first kappa shape index (κ1) is 29.1. The molecule has 2 fully saturated rings. The minimum atomic E-state index is -0.528. The van der Waals surface area contributed by atoms with Crippen molar-refractivity contribution in [1.29, 1.82) is 0 Å². The van der Waals surface area contributed by atoms with Crippen molar-refractivity contribution in [2.24, 2.45) is 11.8 Å². The van der Waals surface area contributed by atoms with Gasteiger partial charge in [0, 0.05) is 51.4 Å². The quantitative estimate of drug-likeness (QED) is 0.385. The van der Waals surface area contributed by atoms with Gasteiger partial charge in [0.05, 0.1) is 19.8 Å². The molecule has 1 unspecified atom stereocenters. The molecular weight excluding hydrogens is 479 g/mol. The van der Waals surface area contributed by atoms with E-state index in [-0.39, 0.29) is 37.0 Å². The molecule has 3 rings (SSSR count). The second-order valence-electron chi connectivity index (χ2n) is 10.1. The lowest BCUT2D eigenvalue weighted by atomic mass is 9.86. The molecule has 0 bridgehead atoms. The number of urea groups is 1. The third kappa shape index (κ3) is 9.12. The SMILES string of the molecule is CNC[C@H](CC1CCOCC1)NC(=O)N1CCC[C@@H](C(OCCNC(=O)OC)c2cc(F)ccc2C)C1. The van der Waals surface area contributed by atoms with E-state index in [4.69, 9.17) is 9.47 Å². The van der Waals surface area contributed by atoms with Gasteiger partial charge in [-0.05, 0) is 75.3 Å². The first-order valence-electron chi connectivity index (χ1n) is 13.4. The molecule has 0 saturated carbocycles. The predicted molar refractivity (Wildman–Crippen MR) is 139 cm³/mol. The van der Waals surface area contributed by atoms with E-state index >= 15 is 0 Å². The Morgan fingerprint density at radius 1 is 1.24 bits per heavy atom. The summed E-state index contributed by atoms with van der Waals surface area (Å²) in [5, 5.41) is 9.07. The number of carbonyl (C=O) groups is 2. The number of methoxy groups -OCH3 is 1. The number of alkyl carbamates (subject to hydrolysis) is 1. The number of aryl methyl sites for hydroxylation is 1. The molecule has 2 aliphatic rings. The van der Waals surface area contributed by atoms with Crippen molar-refractivity contribution in [2.75, 3.05) is 60.2 Å². The zero-order chi connectivity index (χ0) is 26.6. The Bertz CT molecular complexity index is 867. The average molecular weight is 523 g/mol. The van der Waals surface area contributed by atoms with Gasteiger partial charge < -0.3 is 35.1 Å². The molecule has 0 aromatic heterocycles. The number of rotatable bonds is 11. The third-order valence-electron chi connectivity index (χ3n) is 7.31. The number of nitrogens with one attached hydrogen (secondary N) is 3. The summed E-state index contributed by atoms with van der Waals surface area (Å²) in [6, 6.07) is 4.68. The first-order valence-corrected chi connectivity index (χ1v) is 13.4. The molecular formula is C27H43FN4O5. The standard InChI is InChI=1S/C27H43FN4O5/c1-19-6-7-22(28)16-24(19)25(37-14-10-30-27(34)35-3)21-5-4-11-32(18-21)26(33)31-23(17-29-2)15-20-8-12-36-13-9-20/h6-7,16,20-21,23,25,29H,4-5,8-15,17-18H2,1-3H3,(H,30,34)(H,31,33)/t21-,23+,25?/m1/s1. The Morgan fingerprint density at radius 2 is 2.03 bits per heavy atom. The molecule has 1 aromatic carbocycles. The summed E-state index contributed by atoms with van der Waals surface area (Å²) < 4.78 is 30.5. The number of amides is 3. The molecule has 10 heteroatoms. The Hall–Kier alpha value is -2.43. The Morgan fingerprint density at radius 3 is 2.76 bits per heavy atom. The predicted octanol–water partition coefficient (Wildman–Crippen LogP) is 3.37. The number of ether oxygens (including phenoxy) is 3. The maximum atomic E-state index is 14.2. The van der Waals surface area contributed by atoms with Crippen LogP contribution >= 0.6 is 0 Å². The molecule has 0 aliphatic carbocycles. The molecule has 0 spiro atoms. The van der Waals surface area contributed by atoms with Gasteiger partial charge in [0.25, 0.3) is 0 Å². The monoisotopic (exact) mass is 522 g/mol. The maximum Gasteiger partial charge on any atom is 0.406 e. The number of halogens is 1. The number of hydrogen-bond acceptors (Lipinski definition) is 6. The van der Waals surface area contributed by atoms with Crippen LogP contribution in [0, 0.1) is 24.6 Å². The smallest absolute Gasteiger partial charge is 0.406 e. The number of likely N-dealkylation sites (N-methyl/N-ethyl adjacent to an activating group) is 1.